The van der Waals surface area contributed by atoms with E-state index in [1.165, 1.54) is 0 Å². The SMILES string of the molecule is COc1ccc(B(O)O)cc1CN1CCOCC1C. The molecule has 104 valence electrons. The number of nitrogens with zero attached hydrogens (tertiary/aromatic N) is 1. The summed E-state index contributed by atoms with van der Waals surface area (Å²) in [7, 11) is 0.170. The van der Waals surface area contributed by atoms with E-state index in [2.05, 4.69) is 11.8 Å². The minimum Gasteiger partial charge on any atom is -0.496 e. The van der Waals surface area contributed by atoms with E-state index in [1.54, 1.807) is 25.3 Å². The lowest BCUT2D eigenvalue weighted by Gasteiger charge is -2.33. The highest BCUT2D eigenvalue weighted by Crippen LogP contribution is 2.20. The van der Waals surface area contributed by atoms with Gasteiger partial charge in [0.2, 0.25) is 0 Å². The monoisotopic (exact) mass is 265 g/mol. The van der Waals surface area contributed by atoms with Crippen LogP contribution >= 0.6 is 0 Å². The fourth-order valence-corrected chi connectivity index (χ4v) is 2.30. The van der Waals surface area contributed by atoms with Crippen LogP contribution in [0.3, 0.4) is 0 Å². The Balaban J connectivity index is 2.19. The molecule has 0 amide bonds. The normalized spacial score (nSPS) is 20.3. The Morgan fingerprint density at radius 1 is 1.47 bits per heavy atom. The molecule has 1 aliphatic heterocycles. The van der Waals surface area contributed by atoms with Crippen LogP contribution in [-0.4, -0.2) is 55.0 Å². The van der Waals surface area contributed by atoms with Crippen LogP contribution in [0.5, 0.6) is 5.75 Å². The molecule has 0 radical (unpaired) electrons. The first kappa shape index (κ1) is 14.3. The van der Waals surface area contributed by atoms with E-state index in [-0.39, 0.29) is 0 Å². The molecule has 1 heterocycles. The van der Waals surface area contributed by atoms with Crippen molar-refractivity contribution in [3.8, 4) is 5.75 Å². The zero-order valence-corrected chi connectivity index (χ0v) is 11.4. The quantitative estimate of drug-likeness (QED) is 0.725. The summed E-state index contributed by atoms with van der Waals surface area (Å²) >= 11 is 0. The Morgan fingerprint density at radius 2 is 2.26 bits per heavy atom. The fraction of sp³-hybridized carbons (Fsp3) is 0.538. The number of rotatable bonds is 4. The highest BCUT2D eigenvalue weighted by atomic mass is 16.5. The molecule has 0 spiro atoms. The molecule has 19 heavy (non-hydrogen) atoms. The Labute approximate surface area is 113 Å². The van der Waals surface area contributed by atoms with Gasteiger partial charge in [0.05, 0.1) is 20.3 Å². The van der Waals surface area contributed by atoms with E-state index in [1.807, 2.05) is 0 Å². The average Bonchev–Trinajstić information content (AvgIpc) is 2.41. The summed E-state index contributed by atoms with van der Waals surface area (Å²) in [6.45, 7) is 5.17. The fourth-order valence-electron chi connectivity index (χ4n) is 2.30. The summed E-state index contributed by atoms with van der Waals surface area (Å²) in [4.78, 5) is 2.30. The Kier molecular flexibility index (Phi) is 4.82. The van der Waals surface area contributed by atoms with E-state index in [0.717, 1.165) is 31.1 Å². The smallest absolute Gasteiger partial charge is 0.488 e. The van der Waals surface area contributed by atoms with Crippen molar-refractivity contribution < 1.29 is 19.5 Å². The Morgan fingerprint density at radius 3 is 2.89 bits per heavy atom. The molecule has 1 aromatic rings. The molecule has 6 heteroatoms. The number of hydrogen-bond acceptors (Lipinski definition) is 5. The van der Waals surface area contributed by atoms with Crippen molar-refractivity contribution >= 4 is 12.6 Å². The number of benzene rings is 1. The van der Waals surface area contributed by atoms with Crippen molar-refractivity contribution in [1.29, 1.82) is 0 Å². The second-order valence-electron chi connectivity index (χ2n) is 4.84. The van der Waals surface area contributed by atoms with Gasteiger partial charge in [-0.25, -0.2) is 0 Å². The standard InChI is InChI=1S/C13H20BNO4/c1-10-9-19-6-5-15(10)8-11-7-12(14(16)17)3-4-13(11)18-2/h3-4,7,10,16-17H,5-6,8-9H2,1-2H3. The molecule has 5 nitrogen and oxygen atoms in total. The molecular formula is C13H20BNO4. The van der Waals surface area contributed by atoms with Crippen LogP contribution in [0.4, 0.5) is 0 Å². The largest absolute Gasteiger partial charge is 0.496 e. The third kappa shape index (κ3) is 3.48. The lowest BCUT2D eigenvalue weighted by molar-refractivity contribution is -0.00463. The van der Waals surface area contributed by atoms with Gasteiger partial charge in [0, 0.05) is 24.7 Å². The van der Waals surface area contributed by atoms with Gasteiger partial charge in [0.1, 0.15) is 5.75 Å². The van der Waals surface area contributed by atoms with Crippen LogP contribution in [0.1, 0.15) is 12.5 Å². The maximum atomic E-state index is 9.25. The molecular weight excluding hydrogens is 245 g/mol. The molecule has 1 saturated heterocycles. The van der Waals surface area contributed by atoms with Crippen molar-refractivity contribution in [2.75, 3.05) is 26.9 Å². The Bertz CT molecular complexity index is 427. The number of methoxy groups -OCH3 is 1. The first-order valence-electron chi connectivity index (χ1n) is 6.46. The minimum atomic E-state index is -1.45. The van der Waals surface area contributed by atoms with Gasteiger partial charge in [0.25, 0.3) is 0 Å². The molecule has 0 bridgehead atoms. The molecule has 0 aromatic heterocycles. The van der Waals surface area contributed by atoms with Crippen molar-refractivity contribution in [1.82, 2.24) is 4.90 Å². The number of ether oxygens (including phenoxy) is 2. The number of morpholine rings is 1. The van der Waals surface area contributed by atoms with E-state index >= 15 is 0 Å². The van der Waals surface area contributed by atoms with Crippen molar-refractivity contribution in [2.24, 2.45) is 0 Å². The van der Waals surface area contributed by atoms with Gasteiger partial charge in [-0.3, -0.25) is 4.90 Å². The third-order valence-corrected chi connectivity index (χ3v) is 3.48. The van der Waals surface area contributed by atoms with Crippen molar-refractivity contribution in [3.05, 3.63) is 23.8 Å². The average molecular weight is 265 g/mol. The summed E-state index contributed by atoms with van der Waals surface area (Å²) in [6.07, 6.45) is 0. The number of hydrogen-bond donors (Lipinski definition) is 2. The van der Waals surface area contributed by atoms with E-state index in [0.29, 0.717) is 18.0 Å². The highest BCUT2D eigenvalue weighted by Gasteiger charge is 2.21. The molecule has 2 rings (SSSR count). The van der Waals surface area contributed by atoms with Gasteiger partial charge in [-0.15, -0.1) is 0 Å². The first-order chi connectivity index (χ1) is 9.11. The highest BCUT2D eigenvalue weighted by molar-refractivity contribution is 6.58. The summed E-state index contributed by atoms with van der Waals surface area (Å²) in [5.41, 5.74) is 1.44. The van der Waals surface area contributed by atoms with E-state index in [4.69, 9.17) is 9.47 Å². The van der Waals surface area contributed by atoms with E-state index in [9.17, 15) is 10.0 Å². The Hall–Kier alpha value is -1.08. The zero-order chi connectivity index (χ0) is 13.8. The minimum absolute atomic E-state index is 0.348. The summed E-state index contributed by atoms with van der Waals surface area (Å²) < 4.78 is 10.8. The molecule has 1 fully saturated rings. The molecule has 1 aromatic carbocycles. The van der Waals surface area contributed by atoms with Gasteiger partial charge in [-0.2, -0.15) is 0 Å². The zero-order valence-electron chi connectivity index (χ0n) is 11.4. The second-order valence-corrected chi connectivity index (χ2v) is 4.84. The summed E-state index contributed by atoms with van der Waals surface area (Å²) in [5.74, 6) is 0.767. The third-order valence-electron chi connectivity index (χ3n) is 3.48. The second kappa shape index (κ2) is 6.39. The van der Waals surface area contributed by atoms with Crippen molar-refractivity contribution in [2.45, 2.75) is 19.5 Å². The van der Waals surface area contributed by atoms with Crippen LogP contribution in [0.25, 0.3) is 0 Å². The van der Waals surface area contributed by atoms with E-state index < -0.39 is 7.12 Å². The maximum absolute atomic E-state index is 9.25. The first-order valence-corrected chi connectivity index (χ1v) is 6.46. The van der Waals surface area contributed by atoms with Crippen LogP contribution in [0, 0.1) is 0 Å². The molecule has 1 aliphatic rings. The maximum Gasteiger partial charge on any atom is 0.488 e. The topological polar surface area (TPSA) is 62.2 Å². The van der Waals surface area contributed by atoms with Gasteiger partial charge >= 0.3 is 7.12 Å². The molecule has 0 aliphatic carbocycles. The predicted molar refractivity (Wildman–Crippen MR) is 73.5 cm³/mol. The van der Waals surface area contributed by atoms with Crippen LogP contribution < -0.4 is 10.2 Å². The van der Waals surface area contributed by atoms with Gasteiger partial charge < -0.3 is 19.5 Å². The lowest BCUT2D eigenvalue weighted by atomic mass is 9.79. The van der Waals surface area contributed by atoms with Crippen LogP contribution in [-0.2, 0) is 11.3 Å². The van der Waals surface area contributed by atoms with Gasteiger partial charge in [0.15, 0.2) is 0 Å². The van der Waals surface area contributed by atoms with Crippen molar-refractivity contribution in [3.63, 3.8) is 0 Å². The molecule has 1 unspecified atom stereocenters. The van der Waals surface area contributed by atoms with Gasteiger partial charge in [-0.05, 0) is 18.5 Å². The summed E-state index contributed by atoms with van der Waals surface area (Å²) in [6, 6.07) is 5.57. The predicted octanol–water partition coefficient (Wildman–Crippen LogP) is -0.404. The molecule has 1 atom stereocenters. The molecule has 0 saturated carbocycles. The van der Waals surface area contributed by atoms with Gasteiger partial charge in [-0.1, -0.05) is 12.1 Å². The summed E-state index contributed by atoms with van der Waals surface area (Å²) in [5, 5.41) is 18.5. The lowest BCUT2D eigenvalue weighted by Crippen LogP contribution is -2.43. The molecule has 2 N–H and O–H groups in total. The van der Waals surface area contributed by atoms with Crippen LogP contribution in [0.15, 0.2) is 18.2 Å². The van der Waals surface area contributed by atoms with Crippen LogP contribution in [0.2, 0.25) is 0 Å².